The number of hydrogen-bond donors (Lipinski definition) is 0. The molecule has 1 aliphatic carbocycles. The number of benzene rings is 2. The molecule has 2 aromatic rings. The normalized spacial score (nSPS) is 16.7. The second-order valence-electron chi connectivity index (χ2n) is 5.88. The van der Waals surface area contributed by atoms with Crippen molar-refractivity contribution < 1.29 is 51.4 Å². The van der Waals surface area contributed by atoms with Crippen LogP contribution in [0.1, 0.15) is 37.8 Å². The van der Waals surface area contributed by atoms with Crippen LogP contribution in [0.25, 0.3) is 11.1 Å². The summed E-state index contributed by atoms with van der Waals surface area (Å²) in [5.74, 6) is 0.467. The molecule has 18 heavy (non-hydrogen) atoms. The van der Waals surface area contributed by atoms with Crippen molar-refractivity contribution >= 4 is 0 Å². The zero-order chi connectivity index (χ0) is 12.0. The van der Waals surface area contributed by atoms with E-state index in [4.69, 9.17) is 0 Å². The van der Waals surface area contributed by atoms with E-state index in [1.165, 1.54) is 22.3 Å². The maximum Gasteiger partial charge on any atom is 1.00 e. The van der Waals surface area contributed by atoms with Crippen molar-refractivity contribution in [3.8, 4) is 11.1 Å². The minimum absolute atomic E-state index is 0. The molecule has 1 unspecified atom stereocenters. The molecule has 3 rings (SSSR count). The Bertz CT molecular complexity index is 518. The Labute approximate surface area is 152 Å². The van der Waals surface area contributed by atoms with E-state index in [1.807, 2.05) is 6.07 Å². The molecule has 86 valence electrons. The van der Waals surface area contributed by atoms with Gasteiger partial charge in [-0.25, -0.2) is 0 Å². The molecule has 0 nitrogen and oxygen atoms in total. The van der Waals surface area contributed by atoms with Crippen LogP contribution >= 0.6 is 0 Å². The molecule has 0 aliphatic heterocycles. The summed E-state index contributed by atoms with van der Waals surface area (Å²) in [6.07, 6.45) is 0. The Morgan fingerprint density at radius 3 is 2.33 bits per heavy atom. The predicted octanol–water partition coefficient (Wildman–Crippen LogP) is 1.65. The molecule has 0 N–H and O–H groups in total. The van der Waals surface area contributed by atoms with Gasteiger partial charge in [0.2, 0.25) is 0 Å². The number of hydrogen-bond acceptors (Lipinski definition) is 0. The summed E-state index contributed by atoms with van der Waals surface area (Å²) in [5.41, 5.74) is 5.81. The minimum atomic E-state index is 0. The van der Waals surface area contributed by atoms with Crippen LogP contribution in [-0.4, -0.2) is 0 Å². The fourth-order valence-electron chi connectivity index (χ4n) is 2.97. The molecule has 0 saturated heterocycles. The topological polar surface area (TPSA) is 0 Å². The SMILES string of the molecule is CC(C)(C)C1c2[c-]cccc2-c2ccccc21.[K+]. The molecule has 0 heterocycles. The van der Waals surface area contributed by atoms with Crippen LogP contribution in [-0.2, 0) is 0 Å². The zero-order valence-electron chi connectivity index (χ0n) is 11.6. The van der Waals surface area contributed by atoms with Crippen molar-refractivity contribution in [1.29, 1.82) is 0 Å². The van der Waals surface area contributed by atoms with E-state index in [1.54, 1.807) is 0 Å². The standard InChI is InChI=1S/C17H17.K/c1-17(2,3)16-14-10-6-4-8-12(14)13-9-5-7-11-15(13)16;/h4-10,16H,1-3H3;/q-1;+1. The van der Waals surface area contributed by atoms with Crippen LogP contribution in [0.2, 0.25) is 0 Å². The summed E-state index contributed by atoms with van der Waals surface area (Å²) in [6, 6.07) is 18.5. The first-order valence-electron chi connectivity index (χ1n) is 6.19. The van der Waals surface area contributed by atoms with Gasteiger partial charge in [0, 0.05) is 0 Å². The minimum Gasteiger partial charge on any atom is -0.179 e. The fourth-order valence-corrected chi connectivity index (χ4v) is 2.97. The molecule has 2 aromatic carbocycles. The summed E-state index contributed by atoms with van der Waals surface area (Å²) in [5, 5.41) is 0. The summed E-state index contributed by atoms with van der Waals surface area (Å²) in [4.78, 5) is 0. The van der Waals surface area contributed by atoms with Crippen LogP contribution < -0.4 is 51.4 Å². The van der Waals surface area contributed by atoms with Gasteiger partial charge in [0.15, 0.2) is 0 Å². The average molecular weight is 260 g/mol. The van der Waals surface area contributed by atoms with Crippen LogP contribution in [0.3, 0.4) is 0 Å². The van der Waals surface area contributed by atoms with Gasteiger partial charge in [-0.1, -0.05) is 50.6 Å². The largest absolute Gasteiger partial charge is 1.00 e. The Morgan fingerprint density at radius 2 is 1.61 bits per heavy atom. The maximum atomic E-state index is 3.45. The third-order valence-corrected chi connectivity index (χ3v) is 3.60. The van der Waals surface area contributed by atoms with E-state index in [-0.39, 0.29) is 56.8 Å². The van der Waals surface area contributed by atoms with Gasteiger partial charge < -0.3 is 0 Å². The molecule has 1 atom stereocenters. The fraction of sp³-hybridized carbons (Fsp3) is 0.294. The van der Waals surface area contributed by atoms with Crippen LogP contribution in [0.4, 0.5) is 0 Å². The Morgan fingerprint density at radius 1 is 0.944 bits per heavy atom. The number of fused-ring (bicyclic) bond motifs is 3. The van der Waals surface area contributed by atoms with Gasteiger partial charge in [-0.15, -0.1) is 11.1 Å². The Kier molecular flexibility index (Phi) is 4.20. The van der Waals surface area contributed by atoms with Crippen molar-refractivity contribution in [2.75, 3.05) is 0 Å². The molecule has 0 amide bonds. The number of rotatable bonds is 0. The summed E-state index contributed by atoms with van der Waals surface area (Å²) in [7, 11) is 0. The van der Waals surface area contributed by atoms with Crippen molar-refractivity contribution in [2.24, 2.45) is 5.41 Å². The van der Waals surface area contributed by atoms with Gasteiger partial charge in [0.05, 0.1) is 0 Å². The van der Waals surface area contributed by atoms with Crippen LogP contribution in [0, 0.1) is 11.5 Å². The molecule has 1 aliphatic rings. The van der Waals surface area contributed by atoms with Crippen LogP contribution in [0.5, 0.6) is 0 Å². The average Bonchev–Trinajstić information content (AvgIpc) is 2.63. The molecule has 0 radical (unpaired) electrons. The van der Waals surface area contributed by atoms with E-state index >= 15 is 0 Å². The summed E-state index contributed by atoms with van der Waals surface area (Å²) >= 11 is 0. The van der Waals surface area contributed by atoms with Crippen molar-refractivity contribution in [1.82, 2.24) is 0 Å². The quantitative estimate of drug-likeness (QED) is 0.499. The second kappa shape index (κ2) is 5.22. The molecule has 0 bridgehead atoms. The van der Waals surface area contributed by atoms with Crippen molar-refractivity contribution in [2.45, 2.75) is 26.7 Å². The first-order chi connectivity index (χ1) is 8.09. The van der Waals surface area contributed by atoms with Crippen LogP contribution in [0.15, 0.2) is 42.5 Å². The Hall–Kier alpha value is 0.0764. The van der Waals surface area contributed by atoms with E-state index in [0.717, 1.165) is 0 Å². The van der Waals surface area contributed by atoms with Crippen molar-refractivity contribution in [3.63, 3.8) is 0 Å². The van der Waals surface area contributed by atoms with Crippen molar-refractivity contribution in [3.05, 3.63) is 59.7 Å². The Balaban J connectivity index is 0.00000120. The van der Waals surface area contributed by atoms with Gasteiger partial charge in [0.1, 0.15) is 0 Å². The third-order valence-electron chi connectivity index (χ3n) is 3.60. The maximum absolute atomic E-state index is 3.45. The van der Waals surface area contributed by atoms with E-state index in [0.29, 0.717) is 5.92 Å². The molecular weight excluding hydrogens is 243 g/mol. The molecule has 0 spiro atoms. The summed E-state index contributed by atoms with van der Waals surface area (Å²) in [6.45, 7) is 6.93. The monoisotopic (exact) mass is 260 g/mol. The first-order valence-corrected chi connectivity index (χ1v) is 6.19. The van der Waals surface area contributed by atoms with Gasteiger partial charge in [-0.05, 0) is 16.9 Å². The second-order valence-corrected chi connectivity index (χ2v) is 5.88. The molecule has 0 fully saturated rings. The van der Waals surface area contributed by atoms with Gasteiger partial charge in [-0.2, -0.15) is 24.3 Å². The molecule has 0 saturated carbocycles. The van der Waals surface area contributed by atoms with E-state index < -0.39 is 0 Å². The predicted molar refractivity (Wildman–Crippen MR) is 72.0 cm³/mol. The first kappa shape index (κ1) is 14.5. The zero-order valence-corrected chi connectivity index (χ0v) is 14.7. The molecule has 1 heteroatoms. The van der Waals surface area contributed by atoms with E-state index in [2.05, 4.69) is 63.2 Å². The smallest absolute Gasteiger partial charge is 0.179 e. The third kappa shape index (κ3) is 2.28. The van der Waals surface area contributed by atoms with Gasteiger partial charge >= 0.3 is 51.4 Å². The summed E-state index contributed by atoms with van der Waals surface area (Å²) < 4.78 is 0. The van der Waals surface area contributed by atoms with Gasteiger partial charge in [-0.3, -0.25) is 0 Å². The van der Waals surface area contributed by atoms with E-state index in [9.17, 15) is 0 Å². The molecular formula is C17H17K. The molecule has 0 aromatic heterocycles. The van der Waals surface area contributed by atoms with Gasteiger partial charge in [0.25, 0.3) is 0 Å².